The van der Waals surface area contributed by atoms with Crippen LogP contribution in [-0.4, -0.2) is 9.97 Å². The van der Waals surface area contributed by atoms with Crippen molar-refractivity contribution in [1.29, 1.82) is 0 Å². The normalized spacial score (nSPS) is 9.43. The Morgan fingerprint density at radius 1 is 1.21 bits per heavy atom. The third-order valence-electron chi connectivity index (χ3n) is 1.75. The number of hydrogen-bond acceptors (Lipinski definition) is 2. The van der Waals surface area contributed by atoms with Gasteiger partial charge in [-0.05, 0) is 24.6 Å². The van der Waals surface area contributed by atoms with Crippen molar-refractivity contribution < 1.29 is 0 Å². The number of halogens is 1. The molecule has 0 aromatic carbocycles. The average molecular weight is 209 g/mol. The first-order valence-corrected chi connectivity index (χ1v) is 5.02. The summed E-state index contributed by atoms with van der Waals surface area (Å²) in [5, 5.41) is 0.626. The van der Waals surface area contributed by atoms with Crippen molar-refractivity contribution in [1.82, 2.24) is 9.97 Å². The van der Waals surface area contributed by atoms with Gasteiger partial charge in [0.2, 0.25) is 0 Å². The molecule has 0 aliphatic rings. The van der Waals surface area contributed by atoms with Crippen LogP contribution in [0.4, 0.5) is 0 Å². The summed E-state index contributed by atoms with van der Waals surface area (Å²) >= 11 is 5.77. The molecule has 0 aliphatic heterocycles. The van der Waals surface area contributed by atoms with Crippen LogP contribution in [0.25, 0.3) is 11.0 Å². The SMILES string of the molecule is CC.Cc1ccnc2cc(Cl)cnc12. The summed E-state index contributed by atoms with van der Waals surface area (Å²) in [5.41, 5.74) is 2.89. The number of rotatable bonds is 0. The molecule has 2 rings (SSSR count). The maximum atomic E-state index is 5.77. The molecule has 0 saturated heterocycles. The van der Waals surface area contributed by atoms with Crippen molar-refractivity contribution in [2.75, 3.05) is 0 Å². The molecular formula is C11H13ClN2. The van der Waals surface area contributed by atoms with E-state index in [0.717, 1.165) is 16.6 Å². The van der Waals surface area contributed by atoms with Gasteiger partial charge in [-0.1, -0.05) is 25.4 Å². The third-order valence-corrected chi connectivity index (χ3v) is 1.95. The summed E-state index contributed by atoms with van der Waals surface area (Å²) < 4.78 is 0. The Morgan fingerprint density at radius 2 is 1.93 bits per heavy atom. The fourth-order valence-corrected chi connectivity index (χ4v) is 1.29. The Hall–Kier alpha value is -1.15. The van der Waals surface area contributed by atoms with E-state index in [1.165, 1.54) is 0 Å². The lowest BCUT2D eigenvalue weighted by Gasteiger charge is -1.98. The third kappa shape index (κ3) is 2.20. The lowest BCUT2D eigenvalue weighted by atomic mass is 10.2. The maximum Gasteiger partial charge on any atom is 0.0916 e. The minimum absolute atomic E-state index is 0.626. The zero-order valence-corrected chi connectivity index (χ0v) is 9.34. The number of hydrogen-bond donors (Lipinski definition) is 0. The van der Waals surface area contributed by atoms with Gasteiger partial charge < -0.3 is 0 Å². The van der Waals surface area contributed by atoms with E-state index < -0.39 is 0 Å². The molecule has 2 nitrogen and oxygen atoms in total. The molecule has 0 unspecified atom stereocenters. The van der Waals surface area contributed by atoms with E-state index in [9.17, 15) is 0 Å². The van der Waals surface area contributed by atoms with Crippen LogP contribution in [0.3, 0.4) is 0 Å². The van der Waals surface area contributed by atoms with Crippen molar-refractivity contribution in [3.63, 3.8) is 0 Å². The van der Waals surface area contributed by atoms with E-state index in [2.05, 4.69) is 9.97 Å². The second-order valence-corrected chi connectivity index (χ2v) is 3.09. The van der Waals surface area contributed by atoms with E-state index in [-0.39, 0.29) is 0 Å². The molecule has 74 valence electrons. The molecule has 2 heterocycles. The predicted octanol–water partition coefficient (Wildman–Crippen LogP) is 3.62. The molecule has 0 N–H and O–H groups in total. The minimum atomic E-state index is 0.626. The lowest BCUT2D eigenvalue weighted by molar-refractivity contribution is 1.30. The first-order chi connectivity index (χ1) is 6.77. The van der Waals surface area contributed by atoms with Gasteiger partial charge in [-0.3, -0.25) is 9.97 Å². The summed E-state index contributed by atoms with van der Waals surface area (Å²) in [6.45, 7) is 6.00. The summed E-state index contributed by atoms with van der Waals surface area (Å²) in [7, 11) is 0. The molecule has 0 aliphatic carbocycles. The summed E-state index contributed by atoms with van der Waals surface area (Å²) in [6.07, 6.45) is 3.40. The van der Waals surface area contributed by atoms with Crippen molar-refractivity contribution in [2.45, 2.75) is 20.8 Å². The van der Waals surface area contributed by atoms with Crippen LogP contribution in [0, 0.1) is 6.92 Å². The second kappa shape index (κ2) is 4.91. The van der Waals surface area contributed by atoms with Crippen LogP contribution in [0.5, 0.6) is 0 Å². The summed E-state index contributed by atoms with van der Waals surface area (Å²) in [6, 6.07) is 3.75. The Labute approximate surface area is 89.0 Å². The molecule has 0 saturated carbocycles. The summed E-state index contributed by atoms with van der Waals surface area (Å²) in [4.78, 5) is 8.34. The number of aromatic nitrogens is 2. The van der Waals surface area contributed by atoms with Gasteiger partial charge in [0.1, 0.15) is 0 Å². The first kappa shape index (κ1) is 10.9. The molecule has 0 fully saturated rings. The highest BCUT2D eigenvalue weighted by atomic mass is 35.5. The van der Waals surface area contributed by atoms with Crippen LogP contribution in [0.1, 0.15) is 19.4 Å². The largest absolute Gasteiger partial charge is 0.255 e. The first-order valence-electron chi connectivity index (χ1n) is 4.64. The van der Waals surface area contributed by atoms with E-state index in [1.54, 1.807) is 12.4 Å². The Kier molecular flexibility index (Phi) is 3.84. The molecule has 0 amide bonds. The number of fused-ring (bicyclic) bond motifs is 1. The Morgan fingerprint density at radius 3 is 2.64 bits per heavy atom. The second-order valence-electron chi connectivity index (χ2n) is 2.65. The Bertz CT molecular complexity index is 427. The van der Waals surface area contributed by atoms with Crippen LogP contribution in [0.2, 0.25) is 5.02 Å². The summed E-state index contributed by atoms with van der Waals surface area (Å²) in [5.74, 6) is 0. The van der Waals surface area contributed by atoms with Crippen LogP contribution < -0.4 is 0 Å². The van der Waals surface area contributed by atoms with Crippen molar-refractivity contribution in [3.05, 3.63) is 35.1 Å². The standard InChI is InChI=1S/C9H7ClN2.C2H6/c1-6-2-3-11-8-4-7(10)5-12-9(6)8;1-2/h2-5H,1H3;1-2H3. The molecule has 2 aromatic heterocycles. The minimum Gasteiger partial charge on any atom is -0.255 e. The van der Waals surface area contributed by atoms with E-state index in [0.29, 0.717) is 5.02 Å². The van der Waals surface area contributed by atoms with E-state index in [4.69, 9.17) is 11.6 Å². The molecule has 0 radical (unpaired) electrons. The highest BCUT2D eigenvalue weighted by Crippen LogP contribution is 2.16. The quantitative estimate of drug-likeness (QED) is 0.661. The number of aryl methyl sites for hydroxylation is 1. The molecule has 2 aromatic rings. The van der Waals surface area contributed by atoms with Crippen molar-refractivity contribution in [2.24, 2.45) is 0 Å². The fraction of sp³-hybridized carbons (Fsp3) is 0.273. The van der Waals surface area contributed by atoms with Gasteiger partial charge in [0.15, 0.2) is 0 Å². The number of pyridine rings is 2. The van der Waals surface area contributed by atoms with Crippen LogP contribution in [0.15, 0.2) is 24.5 Å². The molecule has 0 spiro atoms. The van der Waals surface area contributed by atoms with Crippen molar-refractivity contribution in [3.8, 4) is 0 Å². The van der Waals surface area contributed by atoms with E-state index in [1.807, 2.05) is 32.9 Å². The molecule has 14 heavy (non-hydrogen) atoms. The highest BCUT2D eigenvalue weighted by Gasteiger charge is 1.98. The van der Waals surface area contributed by atoms with Gasteiger partial charge >= 0.3 is 0 Å². The van der Waals surface area contributed by atoms with Crippen molar-refractivity contribution >= 4 is 22.6 Å². The maximum absolute atomic E-state index is 5.77. The monoisotopic (exact) mass is 208 g/mol. The lowest BCUT2D eigenvalue weighted by Crippen LogP contribution is -1.85. The topological polar surface area (TPSA) is 25.8 Å². The predicted molar refractivity (Wildman–Crippen MR) is 60.6 cm³/mol. The van der Waals surface area contributed by atoms with Gasteiger partial charge in [0.25, 0.3) is 0 Å². The zero-order valence-electron chi connectivity index (χ0n) is 8.58. The van der Waals surface area contributed by atoms with Gasteiger partial charge in [-0.15, -0.1) is 0 Å². The Balaban J connectivity index is 0.000000461. The fourth-order valence-electron chi connectivity index (χ4n) is 1.14. The van der Waals surface area contributed by atoms with Gasteiger partial charge in [-0.2, -0.15) is 0 Å². The van der Waals surface area contributed by atoms with Crippen LogP contribution >= 0.6 is 11.6 Å². The molecule has 0 bridgehead atoms. The molecule has 3 heteroatoms. The number of nitrogens with zero attached hydrogens (tertiary/aromatic N) is 2. The van der Waals surface area contributed by atoms with Gasteiger partial charge in [-0.25, -0.2) is 0 Å². The average Bonchev–Trinajstić information content (AvgIpc) is 2.21. The molecule has 0 atom stereocenters. The smallest absolute Gasteiger partial charge is 0.0916 e. The highest BCUT2D eigenvalue weighted by molar-refractivity contribution is 6.31. The van der Waals surface area contributed by atoms with Crippen LogP contribution in [-0.2, 0) is 0 Å². The van der Waals surface area contributed by atoms with Gasteiger partial charge in [0.05, 0.1) is 16.1 Å². The van der Waals surface area contributed by atoms with Gasteiger partial charge in [0, 0.05) is 12.4 Å². The zero-order chi connectivity index (χ0) is 10.6. The molecular weight excluding hydrogens is 196 g/mol. The van der Waals surface area contributed by atoms with E-state index >= 15 is 0 Å².